The minimum Gasteiger partial charge on any atom is -0.356 e. The van der Waals surface area contributed by atoms with Crippen LogP contribution in [-0.2, 0) is 19.4 Å². The molecule has 2 rings (SSSR count). The van der Waals surface area contributed by atoms with Crippen LogP contribution in [0.3, 0.4) is 0 Å². The molecule has 2 heterocycles. The lowest BCUT2D eigenvalue weighted by molar-refractivity contribution is 0.390. The number of nitrogens with zero attached hydrogens (tertiary/aromatic N) is 4. The molecule has 1 atom stereocenters. The van der Waals surface area contributed by atoms with Gasteiger partial charge in [-0.3, -0.25) is 4.99 Å². The first-order chi connectivity index (χ1) is 10.7. The van der Waals surface area contributed by atoms with Gasteiger partial charge in [0, 0.05) is 32.5 Å². The lowest BCUT2D eigenvalue weighted by Gasteiger charge is -2.26. The minimum absolute atomic E-state index is 0. The summed E-state index contributed by atoms with van der Waals surface area (Å²) in [6, 6.07) is 0.367. The molecule has 23 heavy (non-hydrogen) atoms. The van der Waals surface area contributed by atoms with E-state index in [4.69, 9.17) is 0 Å². The topological polar surface area (TPSA) is 67.1 Å². The van der Waals surface area contributed by atoms with E-state index in [1.165, 1.54) is 12.8 Å². The second-order valence-electron chi connectivity index (χ2n) is 6.00. The first kappa shape index (κ1) is 20.2. The van der Waals surface area contributed by atoms with Crippen LogP contribution in [0.1, 0.15) is 51.7 Å². The fourth-order valence-corrected chi connectivity index (χ4v) is 2.83. The molecule has 0 aliphatic carbocycles. The molecule has 0 amide bonds. The maximum Gasteiger partial charge on any atom is 0.191 e. The number of aryl methyl sites for hydroxylation is 2. The number of fused-ring (bicyclic) bond motifs is 1. The number of hydrogen-bond donors (Lipinski definition) is 2. The number of hydrogen-bond acceptors (Lipinski definition) is 3. The molecule has 2 N–H and O–H groups in total. The van der Waals surface area contributed by atoms with E-state index in [9.17, 15) is 0 Å². The van der Waals surface area contributed by atoms with Gasteiger partial charge >= 0.3 is 0 Å². The van der Waals surface area contributed by atoms with E-state index < -0.39 is 0 Å². The maximum absolute atomic E-state index is 4.56. The average molecular weight is 434 g/mol. The molecule has 1 aliphatic rings. The van der Waals surface area contributed by atoms with Crippen LogP contribution in [-0.4, -0.2) is 40.4 Å². The van der Waals surface area contributed by atoms with Crippen molar-refractivity contribution < 1.29 is 0 Å². The molecule has 1 aliphatic heterocycles. The fourth-order valence-electron chi connectivity index (χ4n) is 2.83. The van der Waals surface area contributed by atoms with Gasteiger partial charge in [-0.1, -0.05) is 33.6 Å². The van der Waals surface area contributed by atoms with Crippen LogP contribution in [0.25, 0.3) is 0 Å². The van der Waals surface area contributed by atoms with E-state index >= 15 is 0 Å². The molecule has 1 aromatic rings. The normalized spacial score (nSPS) is 17.6. The molecule has 0 radical (unpaired) electrons. The molecule has 6 nitrogen and oxygen atoms in total. The van der Waals surface area contributed by atoms with Crippen LogP contribution < -0.4 is 10.6 Å². The third kappa shape index (κ3) is 5.61. The Bertz CT molecular complexity index is 495. The van der Waals surface area contributed by atoms with Gasteiger partial charge in [0.25, 0.3) is 0 Å². The minimum atomic E-state index is 0. The molecular weight excluding hydrogens is 403 g/mol. The van der Waals surface area contributed by atoms with E-state index in [0.717, 1.165) is 50.0 Å². The summed E-state index contributed by atoms with van der Waals surface area (Å²) >= 11 is 0. The van der Waals surface area contributed by atoms with Gasteiger partial charge in [-0.2, -0.15) is 5.10 Å². The van der Waals surface area contributed by atoms with Crippen molar-refractivity contribution >= 4 is 29.9 Å². The zero-order valence-electron chi connectivity index (χ0n) is 14.8. The Kier molecular flexibility index (Phi) is 8.86. The highest BCUT2D eigenvalue weighted by molar-refractivity contribution is 14.0. The summed E-state index contributed by atoms with van der Waals surface area (Å²) in [5.41, 5.74) is 0. The van der Waals surface area contributed by atoms with Crippen LogP contribution in [0, 0.1) is 5.92 Å². The Hall–Kier alpha value is -0.860. The summed E-state index contributed by atoms with van der Waals surface area (Å²) in [4.78, 5) is 8.91. The fraction of sp³-hybridized carbons (Fsp3) is 0.812. The highest BCUT2D eigenvalue weighted by Gasteiger charge is 2.22. The van der Waals surface area contributed by atoms with E-state index in [1.54, 1.807) is 0 Å². The third-order valence-corrected chi connectivity index (χ3v) is 4.50. The number of rotatable bonds is 6. The van der Waals surface area contributed by atoms with Crippen LogP contribution in [0.2, 0.25) is 0 Å². The molecule has 0 fully saturated rings. The summed E-state index contributed by atoms with van der Waals surface area (Å²) in [7, 11) is 1.83. The quantitative estimate of drug-likeness (QED) is 0.410. The first-order valence-corrected chi connectivity index (χ1v) is 8.59. The van der Waals surface area contributed by atoms with Crippen molar-refractivity contribution in [1.29, 1.82) is 0 Å². The SMILES string of the molecule is CCc1nc2n(n1)CC(NC(=NC)NCC(CC)CC)CC2.I. The summed E-state index contributed by atoms with van der Waals surface area (Å²) in [5, 5.41) is 11.5. The standard InChI is InChI=1S/C16H30N6.HI/c1-5-12(6-2)10-18-16(17-4)19-13-8-9-15-20-14(7-3)21-22(15)11-13;/h12-13H,5-11H2,1-4H3,(H2,17,18,19);1H. The summed E-state index contributed by atoms with van der Waals surface area (Å²) < 4.78 is 2.05. The lowest BCUT2D eigenvalue weighted by atomic mass is 10.0. The van der Waals surface area contributed by atoms with Crippen molar-refractivity contribution in [3.8, 4) is 0 Å². The Morgan fingerprint density at radius 3 is 2.70 bits per heavy atom. The molecule has 7 heteroatoms. The molecule has 1 unspecified atom stereocenters. The zero-order valence-corrected chi connectivity index (χ0v) is 17.1. The van der Waals surface area contributed by atoms with E-state index in [1.807, 2.05) is 11.7 Å². The Morgan fingerprint density at radius 2 is 2.09 bits per heavy atom. The molecule has 0 bridgehead atoms. The van der Waals surface area contributed by atoms with Gasteiger partial charge in [0.05, 0.1) is 6.54 Å². The second-order valence-corrected chi connectivity index (χ2v) is 6.00. The van der Waals surface area contributed by atoms with Crippen molar-refractivity contribution in [3.05, 3.63) is 11.6 Å². The summed E-state index contributed by atoms with van der Waals surface area (Å²) in [5.74, 6) is 3.68. The smallest absolute Gasteiger partial charge is 0.191 e. The number of aliphatic imine (C=N–C) groups is 1. The molecule has 132 valence electrons. The van der Waals surface area contributed by atoms with Crippen molar-refractivity contribution in [3.63, 3.8) is 0 Å². The van der Waals surface area contributed by atoms with Crippen molar-refractivity contribution in [2.45, 2.75) is 65.5 Å². The molecule has 0 saturated carbocycles. The highest BCUT2D eigenvalue weighted by atomic mass is 127. The zero-order chi connectivity index (χ0) is 15.9. The summed E-state index contributed by atoms with van der Waals surface area (Å²) in [6.45, 7) is 8.43. The van der Waals surface area contributed by atoms with Crippen molar-refractivity contribution in [2.75, 3.05) is 13.6 Å². The van der Waals surface area contributed by atoms with E-state index in [0.29, 0.717) is 12.0 Å². The van der Waals surface area contributed by atoms with E-state index in [-0.39, 0.29) is 24.0 Å². The van der Waals surface area contributed by atoms with Gasteiger partial charge in [-0.15, -0.1) is 24.0 Å². The number of halogens is 1. The first-order valence-electron chi connectivity index (χ1n) is 8.59. The van der Waals surface area contributed by atoms with Gasteiger partial charge in [-0.05, 0) is 12.3 Å². The molecule has 0 spiro atoms. The molecule has 1 aromatic heterocycles. The summed E-state index contributed by atoms with van der Waals surface area (Å²) in [6.07, 6.45) is 5.36. The number of aromatic nitrogens is 3. The molecule has 0 aromatic carbocycles. The van der Waals surface area contributed by atoms with Crippen LogP contribution in [0.4, 0.5) is 0 Å². The Labute approximate surface area is 157 Å². The van der Waals surface area contributed by atoms with E-state index in [2.05, 4.69) is 46.5 Å². The van der Waals surface area contributed by atoms with Crippen molar-refractivity contribution in [1.82, 2.24) is 25.4 Å². The van der Waals surface area contributed by atoms with Gasteiger partial charge in [0.15, 0.2) is 11.8 Å². The third-order valence-electron chi connectivity index (χ3n) is 4.50. The monoisotopic (exact) mass is 434 g/mol. The largest absolute Gasteiger partial charge is 0.356 e. The van der Waals surface area contributed by atoms with Gasteiger partial charge in [0.2, 0.25) is 0 Å². The Morgan fingerprint density at radius 1 is 1.35 bits per heavy atom. The molecular formula is C16H31IN6. The molecule has 0 saturated heterocycles. The second kappa shape index (κ2) is 10.1. The van der Waals surface area contributed by atoms with Crippen LogP contribution >= 0.6 is 24.0 Å². The predicted octanol–water partition coefficient (Wildman–Crippen LogP) is 2.37. The lowest BCUT2D eigenvalue weighted by Crippen LogP contribution is -2.48. The van der Waals surface area contributed by atoms with Crippen molar-refractivity contribution in [2.24, 2.45) is 10.9 Å². The average Bonchev–Trinajstić information content (AvgIpc) is 2.96. The van der Waals surface area contributed by atoms with Crippen LogP contribution in [0.5, 0.6) is 0 Å². The predicted molar refractivity (Wildman–Crippen MR) is 105 cm³/mol. The Balaban J connectivity index is 0.00000264. The maximum atomic E-state index is 4.56. The van der Waals surface area contributed by atoms with Gasteiger partial charge in [0.1, 0.15) is 5.82 Å². The number of guanidine groups is 1. The number of nitrogens with one attached hydrogen (secondary N) is 2. The van der Waals surface area contributed by atoms with Crippen LogP contribution in [0.15, 0.2) is 4.99 Å². The van der Waals surface area contributed by atoms with Gasteiger partial charge < -0.3 is 10.6 Å². The van der Waals surface area contributed by atoms with Gasteiger partial charge in [-0.25, -0.2) is 9.67 Å². The highest BCUT2D eigenvalue weighted by Crippen LogP contribution is 2.13.